The van der Waals surface area contributed by atoms with Crippen LogP contribution in [-0.4, -0.2) is 25.1 Å². The van der Waals surface area contributed by atoms with E-state index in [9.17, 15) is 9.90 Å². The summed E-state index contributed by atoms with van der Waals surface area (Å²) in [6.45, 7) is 0. The zero-order valence-electron chi connectivity index (χ0n) is 11.9. The molecule has 108 valence electrons. The molecule has 0 unspecified atom stereocenters. The van der Waals surface area contributed by atoms with E-state index in [2.05, 4.69) is 0 Å². The Bertz CT molecular complexity index is 674. The SMILES string of the molecule is COc1ccc(C(=O)/C=C/c2cccc(O)c2)c(OC)c1. The Labute approximate surface area is 123 Å². The van der Waals surface area contributed by atoms with Crippen LogP contribution in [0.2, 0.25) is 0 Å². The van der Waals surface area contributed by atoms with Crippen LogP contribution >= 0.6 is 0 Å². The second-order valence-electron chi connectivity index (χ2n) is 4.36. The second-order valence-corrected chi connectivity index (χ2v) is 4.36. The Morgan fingerprint density at radius 3 is 2.57 bits per heavy atom. The number of phenols is 1. The fourth-order valence-corrected chi connectivity index (χ4v) is 1.89. The average Bonchev–Trinajstić information content (AvgIpc) is 2.52. The lowest BCUT2D eigenvalue weighted by Crippen LogP contribution is -1.99. The zero-order valence-corrected chi connectivity index (χ0v) is 11.9. The number of hydrogen-bond donors (Lipinski definition) is 1. The van der Waals surface area contributed by atoms with Crippen molar-refractivity contribution in [2.45, 2.75) is 0 Å². The minimum Gasteiger partial charge on any atom is -0.508 e. The van der Waals surface area contributed by atoms with Gasteiger partial charge in [0.05, 0.1) is 19.8 Å². The molecule has 0 spiro atoms. The largest absolute Gasteiger partial charge is 0.508 e. The van der Waals surface area contributed by atoms with Crippen molar-refractivity contribution in [2.24, 2.45) is 0 Å². The number of aromatic hydroxyl groups is 1. The molecule has 4 heteroatoms. The third-order valence-electron chi connectivity index (χ3n) is 2.97. The number of benzene rings is 2. The number of ether oxygens (including phenoxy) is 2. The highest BCUT2D eigenvalue weighted by atomic mass is 16.5. The summed E-state index contributed by atoms with van der Waals surface area (Å²) >= 11 is 0. The summed E-state index contributed by atoms with van der Waals surface area (Å²) in [6.07, 6.45) is 3.09. The van der Waals surface area contributed by atoms with Gasteiger partial charge in [0.2, 0.25) is 0 Å². The minimum absolute atomic E-state index is 0.159. The van der Waals surface area contributed by atoms with E-state index >= 15 is 0 Å². The summed E-state index contributed by atoms with van der Waals surface area (Å²) in [5, 5.41) is 9.38. The van der Waals surface area contributed by atoms with Gasteiger partial charge in [0.25, 0.3) is 0 Å². The molecule has 0 saturated carbocycles. The lowest BCUT2D eigenvalue weighted by atomic mass is 10.1. The molecule has 0 atom stereocenters. The van der Waals surface area contributed by atoms with E-state index in [0.29, 0.717) is 17.1 Å². The Morgan fingerprint density at radius 2 is 1.90 bits per heavy atom. The van der Waals surface area contributed by atoms with Crippen molar-refractivity contribution in [1.82, 2.24) is 0 Å². The molecule has 21 heavy (non-hydrogen) atoms. The first kappa shape index (κ1) is 14.7. The van der Waals surface area contributed by atoms with E-state index in [1.54, 1.807) is 55.7 Å². The van der Waals surface area contributed by atoms with Crippen molar-refractivity contribution >= 4 is 11.9 Å². The third-order valence-corrected chi connectivity index (χ3v) is 2.97. The Morgan fingerprint density at radius 1 is 1.10 bits per heavy atom. The van der Waals surface area contributed by atoms with E-state index < -0.39 is 0 Å². The number of ketones is 1. The quantitative estimate of drug-likeness (QED) is 0.676. The van der Waals surface area contributed by atoms with Crippen molar-refractivity contribution in [3.8, 4) is 17.2 Å². The molecule has 0 aliphatic carbocycles. The number of carbonyl (C=O) groups excluding carboxylic acids is 1. The molecule has 0 saturated heterocycles. The number of allylic oxidation sites excluding steroid dienone is 1. The molecular weight excluding hydrogens is 268 g/mol. The first-order valence-corrected chi connectivity index (χ1v) is 6.37. The molecule has 0 aromatic heterocycles. The van der Waals surface area contributed by atoms with Crippen molar-refractivity contribution in [3.05, 3.63) is 59.7 Å². The molecule has 2 aromatic carbocycles. The van der Waals surface area contributed by atoms with Crippen molar-refractivity contribution in [3.63, 3.8) is 0 Å². The van der Waals surface area contributed by atoms with E-state index in [0.717, 1.165) is 5.56 Å². The number of phenolic OH excluding ortho intramolecular Hbond substituents is 1. The van der Waals surface area contributed by atoms with E-state index in [1.165, 1.54) is 13.2 Å². The van der Waals surface area contributed by atoms with Crippen molar-refractivity contribution in [1.29, 1.82) is 0 Å². The molecule has 0 heterocycles. The summed E-state index contributed by atoms with van der Waals surface area (Å²) < 4.78 is 10.3. The molecule has 1 N–H and O–H groups in total. The molecule has 0 aliphatic rings. The van der Waals surface area contributed by atoms with Crippen LogP contribution < -0.4 is 9.47 Å². The van der Waals surface area contributed by atoms with Gasteiger partial charge >= 0.3 is 0 Å². The number of rotatable bonds is 5. The fourth-order valence-electron chi connectivity index (χ4n) is 1.89. The molecule has 0 radical (unpaired) electrons. The molecule has 2 aromatic rings. The fraction of sp³-hybridized carbons (Fsp3) is 0.118. The summed E-state index contributed by atoms with van der Waals surface area (Å²) in [7, 11) is 3.06. The van der Waals surface area contributed by atoms with Gasteiger partial charge in [-0.3, -0.25) is 4.79 Å². The van der Waals surface area contributed by atoms with Crippen LogP contribution in [0.25, 0.3) is 6.08 Å². The maximum atomic E-state index is 12.2. The van der Waals surface area contributed by atoms with Crippen molar-refractivity contribution in [2.75, 3.05) is 14.2 Å². The van der Waals surface area contributed by atoms with Crippen LogP contribution in [0.1, 0.15) is 15.9 Å². The monoisotopic (exact) mass is 284 g/mol. The predicted molar refractivity (Wildman–Crippen MR) is 81.0 cm³/mol. The normalized spacial score (nSPS) is 10.6. The molecular formula is C17H16O4. The summed E-state index contributed by atoms with van der Waals surface area (Å²) in [6, 6.07) is 11.7. The highest BCUT2D eigenvalue weighted by molar-refractivity contribution is 6.08. The molecule has 0 bridgehead atoms. The van der Waals surface area contributed by atoms with Gasteiger partial charge in [-0.05, 0) is 35.9 Å². The maximum Gasteiger partial charge on any atom is 0.189 e. The van der Waals surface area contributed by atoms with Gasteiger partial charge in [-0.15, -0.1) is 0 Å². The van der Waals surface area contributed by atoms with Crippen LogP contribution in [0.15, 0.2) is 48.5 Å². The highest BCUT2D eigenvalue weighted by Gasteiger charge is 2.10. The summed E-state index contributed by atoms with van der Waals surface area (Å²) in [5.74, 6) is 1.06. The maximum absolute atomic E-state index is 12.2. The van der Waals surface area contributed by atoms with Crippen LogP contribution in [0.4, 0.5) is 0 Å². The van der Waals surface area contributed by atoms with Crippen molar-refractivity contribution < 1.29 is 19.4 Å². The van der Waals surface area contributed by atoms with Gasteiger partial charge in [-0.1, -0.05) is 18.2 Å². The predicted octanol–water partition coefficient (Wildman–Crippen LogP) is 3.31. The van der Waals surface area contributed by atoms with Gasteiger partial charge in [0, 0.05) is 6.07 Å². The smallest absolute Gasteiger partial charge is 0.189 e. The Kier molecular flexibility index (Phi) is 4.61. The second kappa shape index (κ2) is 6.61. The van der Waals surface area contributed by atoms with Gasteiger partial charge in [0.1, 0.15) is 17.2 Å². The first-order chi connectivity index (χ1) is 10.1. The zero-order chi connectivity index (χ0) is 15.2. The molecule has 2 rings (SSSR count). The van der Waals surface area contributed by atoms with Gasteiger partial charge in [-0.2, -0.15) is 0 Å². The van der Waals surface area contributed by atoms with E-state index in [1.807, 2.05) is 0 Å². The number of carbonyl (C=O) groups is 1. The minimum atomic E-state index is -0.183. The molecule has 4 nitrogen and oxygen atoms in total. The number of methoxy groups -OCH3 is 2. The topological polar surface area (TPSA) is 55.8 Å². The number of hydrogen-bond acceptors (Lipinski definition) is 4. The lowest BCUT2D eigenvalue weighted by Gasteiger charge is -2.07. The Hall–Kier alpha value is -2.75. The third kappa shape index (κ3) is 3.63. The van der Waals surface area contributed by atoms with E-state index in [4.69, 9.17) is 9.47 Å². The van der Waals surface area contributed by atoms with E-state index in [-0.39, 0.29) is 11.5 Å². The summed E-state index contributed by atoms with van der Waals surface area (Å²) in [4.78, 5) is 12.2. The van der Waals surface area contributed by atoms with Gasteiger partial charge in [-0.25, -0.2) is 0 Å². The van der Waals surface area contributed by atoms with Crippen LogP contribution in [0.5, 0.6) is 17.2 Å². The average molecular weight is 284 g/mol. The molecule has 0 amide bonds. The molecule has 0 fully saturated rings. The standard InChI is InChI=1S/C17H16O4/c1-20-14-7-8-15(17(11-14)21-2)16(19)9-6-12-4-3-5-13(18)10-12/h3-11,18H,1-2H3/b9-6+. The van der Waals surface area contributed by atoms with Crippen LogP contribution in [-0.2, 0) is 0 Å². The van der Waals surface area contributed by atoms with Gasteiger partial charge < -0.3 is 14.6 Å². The first-order valence-electron chi connectivity index (χ1n) is 6.37. The highest BCUT2D eigenvalue weighted by Crippen LogP contribution is 2.25. The lowest BCUT2D eigenvalue weighted by molar-refractivity contribution is 0.104. The van der Waals surface area contributed by atoms with Gasteiger partial charge in [0.15, 0.2) is 5.78 Å². The summed E-state index contributed by atoms with van der Waals surface area (Å²) in [5.41, 5.74) is 1.20. The van der Waals surface area contributed by atoms with Crippen LogP contribution in [0, 0.1) is 0 Å². The van der Waals surface area contributed by atoms with Crippen LogP contribution in [0.3, 0.4) is 0 Å². The Balaban J connectivity index is 2.24. The molecule has 0 aliphatic heterocycles.